The van der Waals surface area contributed by atoms with Crippen LogP contribution in [0.2, 0.25) is 5.02 Å². The summed E-state index contributed by atoms with van der Waals surface area (Å²) in [5, 5.41) is 16.3. The number of nitrogens with one attached hydrogen (secondary N) is 1. The first-order valence-electron chi connectivity index (χ1n) is 10.4. The first-order chi connectivity index (χ1) is 15.9. The Hall–Kier alpha value is -3.10. The summed E-state index contributed by atoms with van der Waals surface area (Å²) in [6, 6.07) is 12.8. The van der Waals surface area contributed by atoms with E-state index < -0.39 is 5.91 Å². The summed E-state index contributed by atoms with van der Waals surface area (Å²) in [7, 11) is 1.55. The van der Waals surface area contributed by atoms with Crippen molar-refractivity contribution < 1.29 is 14.3 Å². The van der Waals surface area contributed by atoms with E-state index in [1.807, 2.05) is 24.3 Å². The van der Waals surface area contributed by atoms with Gasteiger partial charge in [0.25, 0.3) is 5.91 Å². The predicted molar refractivity (Wildman–Crippen MR) is 133 cm³/mol. The smallest absolute Gasteiger partial charge is 0.283 e. The van der Waals surface area contributed by atoms with Crippen LogP contribution in [-0.4, -0.2) is 34.1 Å². The molecule has 2 aliphatic rings. The first-order valence-corrected chi connectivity index (χ1v) is 11.6. The maximum absolute atomic E-state index is 12.6. The zero-order valence-electron chi connectivity index (χ0n) is 18.5. The number of carbonyl (C=O) groups excluding carboxylic acids is 1. The van der Waals surface area contributed by atoms with Crippen molar-refractivity contribution >= 4 is 51.4 Å². The van der Waals surface area contributed by atoms with Gasteiger partial charge in [0.05, 0.1) is 12.7 Å². The van der Waals surface area contributed by atoms with Crippen molar-refractivity contribution in [3.63, 3.8) is 0 Å². The van der Waals surface area contributed by atoms with Gasteiger partial charge in [0, 0.05) is 17.0 Å². The largest absolute Gasteiger partial charge is 0.493 e. The molecule has 33 heavy (non-hydrogen) atoms. The van der Waals surface area contributed by atoms with Gasteiger partial charge in [0.2, 0.25) is 5.17 Å². The monoisotopic (exact) mass is 482 g/mol. The van der Waals surface area contributed by atoms with Gasteiger partial charge in [-0.15, -0.1) is 0 Å². The molecule has 4 rings (SSSR count). The topological polar surface area (TPSA) is 87.3 Å². The fraction of sp³-hybridized carbons (Fsp3) is 0.250. The number of amides is 1. The number of hydrogen-bond acceptors (Lipinski definition) is 6. The number of aliphatic imine (C=N–C) groups is 1. The summed E-state index contributed by atoms with van der Waals surface area (Å²) in [5.41, 5.74) is 1.71. The molecule has 0 bridgehead atoms. The molecule has 2 heterocycles. The second-order valence-corrected chi connectivity index (χ2v) is 9.35. The zero-order chi connectivity index (χ0) is 23.5. The van der Waals surface area contributed by atoms with E-state index >= 15 is 0 Å². The van der Waals surface area contributed by atoms with Crippen molar-refractivity contribution in [3.05, 3.63) is 64.2 Å². The maximum atomic E-state index is 12.6. The molecule has 7 nitrogen and oxygen atoms in total. The van der Waals surface area contributed by atoms with Crippen molar-refractivity contribution in [2.45, 2.75) is 26.9 Å². The van der Waals surface area contributed by atoms with Crippen LogP contribution in [0.15, 0.2) is 58.1 Å². The Morgan fingerprint density at radius 3 is 2.73 bits per heavy atom. The molecule has 0 spiro atoms. The molecule has 0 atom stereocenters. The number of nitrogens with zero attached hydrogens (tertiary/aromatic N) is 3. The summed E-state index contributed by atoms with van der Waals surface area (Å²) in [5.74, 6) is 1.02. The number of thioether (sulfide) groups is 1. The van der Waals surface area contributed by atoms with Crippen LogP contribution in [-0.2, 0) is 11.4 Å². The van der Waals surface area contributed by atoms with Crippen LogP contribution in [0.4, 0.5) is 0 Å². The normalized spacial score (nSPS) is 16.8. The van der Waals surface area contributed by atoms with Gasteiger partial charge in [-0.25, -0.2) is 0 Å². The second-order valence-electron chi connectivity index (χ2n) is 7.90. The maximum Gasteiger partial charge on any atom is 0.283 e. The third-order valence-electron chi connectivity index (χ3n) is 4.92. The minimum absolute atomic E-state index is 0.00858. The summed E-state index contributed by atoms with van der Waals surface area (Å²) < 4.78 is 11.4. The third kappa shape index (κ3) is 5.12. The van der Waals surface area contributed by atoms with Crippen LogP contribution < -0.4 is 9.47 Å². The van der Waals surface area contributed by atoms with E-state index in [0.717, 1.165) is 17.0 Å². The lowest BCUT2D eigenvalue weighted by Gasteiger charge is -2.20. The molecule has 0 aliphatic carbocycles. The molecule has 9 heteroatoms. The Bertz CT molecular complexity index is 1210. The molecule has 2 aromatic rings. The molecule has 1 amide bonds. The van der Waals surface area contributed by atoms with Gasteiger partial charge in [-0.3, -0.25) is 10.2 Å². The number of ether oxygens (including phenoxy) is 2. The van der Waals surface area contributed by atoms with Gasteiger partial charge in [0.1, 0.15) is 11.7 Å². The Labute approximate surface area is 201 Å². The van der Waals surface area contributed by atoms with Gasteiger partial charge in [-0.1, -0.05) is 49.7 Å². The first kappa shape index (κ1) is 23.1. The molecule has 0 saturated carbocycles. The summed E-state index contributed by atoms with van der Waals surface area (Å²) in [6.07, 6.45) is 2.39. The number of amidine groups is 2. The average Bonchev–Trinajstić information content (AvgIpc) is 3.18. The van der Waals surface area contributed by atoms with Gasteiger partial charge >= 0.3 is 0 Å². The third-order valence-corrected chi connectivity index (χ3v) is 6.22. The van der Waals surface area contributed by atoms with Gasteiger partial charge in [0.15, 0.2) is 17.3 Å². The Balaban J connectivity index is 1.55. The zero-order valence-corrected chi connectivity index (χ0v) is 20.0. The summed E-state index contributed by atoms with van der Waals surface area (Å²) >= 11 is 7.54. The molecular weight excluding hydrogens is 460 g/mol. The van der Waals surface area contributed by atoms with Crippen molar-refractivity contribution in [1.82, 2.24) is 5.01 Å². The Morgan fingerprint density at radius 1 is 1.21 bits per heavy atom. The number of hydrazone groups is 1. The van der Waals surface area contributed by atoms with E-state index in [9.17, 15) is 4.79 Å². The van der Waals surface area contributed by atoms with E-state index in [-0.39, 0.29) is 11.4 Å². The molecule has 0 saturated heterocycles. The van der Waals surface area contributed by atoms with Gasteiger partial charge in [-0.05, 0) is 47.5 Å². The van der Waals surface area contributed by atoms with Crippen molar-refractivity contribution in [1.29, 1.82) is 5.41 Å². The fourth-order valence-corrected chi connectivity index (χ4v) is 4.58. The van der Waals surface area contributed by atoms with Crippen LogP contribution in [0, 0.1) is 11.3 Å². The molecule has 0 fully saturated rings. The molecule has 2 aromatic carbocycles. The predicted octanol–water partition coefficient (Wildman–Crippen LogP) is 5.59. The average molecular weight is 483 g/mol. The van der Waals surface area contributed by atoms with Crippen LogP contribution in [0.25, 0.3) is 6.08 Å². The standard InChI is InChI=1S/C24H23ClN4O3S/c1-14(2)10-21-28-29-22(26)17(23(30)27-24(29)33-21)11-15-8-9-19(20(12-15)31-3)32-13-16-6-4-5-7-18(16)25/h4-9,11-12,14,26H,10,13H2,1-3H3/b17-11+,26-22?. The molecule has 1 N–H and O–H groups in total. The lowest BCUT2D eigenvalue weighted by atomic mass is 10.1. The van der Waals surface area contributed by atoms with Crippen LogP contribution in [0.5, 0.6) is 11.5 Å². The number of carbonyl (C=O) groups is 1. The van der Waals surface area contributed by atoms with Crippen molar-refractivity contribution in [2.24, 2.45) is 16.0 Å². The highest BCUT2D eigenvalue weighted by Crippen LogP contribution is 2.33. The van der Waals surface area contributed by atoms with Crippen molar-refractivity contribution in [3.8, 4) is 11.5 Å². The van der Waals surface area contributed by atoms with E-state index in [0.29, 0.717) is 39.8 Å². The number of fused-ring (bicyclic) bond motifs is 1. The van der Waals surface area contributed by atoms with E-state index in [4.69, 9.17) is 26.5 Å². The highest BCUT2D eigenvalue weighted by atomic mass is 35.5. The summed E-state index contributed by atoms with van der Waals surface area (Å²) in [6.45, 7) is 4.48. The minimum atomic E-state index is -0.460. The molecule has 170 valence electrons. The van der Waals surface area contributed by atoms with Crippen LogP contribution in [0.1, 0.15) is 31.4 Å². The second kappa shape index (κ2) is 9.80. The lowest BCUT2D eigenvalue weighted by Crippen LogP contribution is -2.35. The van der Waals surface area contributed by atoms with E-state index in [2.05, 4.69) is 23.9 Å². The SMILES string of the molecule is COc1cc(/C=C2\C(=N)N3N=C(CC(C)C)SC3=NC2=O)ccc1OCc1ccccc1Cl. The van der Waals surface area contributed by atoms with Gasteiger partial charge < -0.3 is 9.47 Å². The summed E-state index contributed by atoms with van der Waals surface area (Å²) in [4.78, 5) is 16.8. The number of hydrogen-bond donors (Lipinski definition) is 1. The number of halogens is 1. The highest BCUT2D eigenvalue weighted by molar-refractivity contribution is 8.26. The van der Waals surface area contributed by atoms with E-state index in [1.54, 1.807) is 31.4 Å². The molecule has 0 radical (unpaired) electrons. The fourth-order valence-electron chi connectivity index (χ4n) is 3.29. The highest BCUT2D eigenvalue weighted by Gasteiger charge is 2.35. The molecular formula is C24H23ClN4O3S. The Kier molecular flexibility index (Phi) is 6.85. The molecule has 0 aromatic heterocycles. The van der Waals surface area contributed by atoms with Crippen LogP contribution >= 0.6 is 23.4 Å². The lowest BCUT2D eigenvalue weighted by molar-refractivity contribution is -0.114. The van der Waals surface area contributed by atoms with Crippen molar-refractivity contribution in [2.75, 3.05) is 7.11 Å². The quantitative estimate of drug-likeness (QED) is 0.519. The Morgan fingerprint density at radius 2 is 2.00 bits per heavy atom. The molecule has 2 aliphatic heterocycles. The number of methoxy groups -OCH3 is 1. The number of rotatable bonds is 7. The van der Waals surface area contributed by atoms with Gasteiger partial charge in [-0.2, -0.15) is 15.1 Å². The van der Waals surface area contributed by atoms with E-state index in [1.165, 1.54) is 16.8 Å². The number of benzene rings is 2. The molecule has 0 unspecified atom stereocenters. The van der Waals surface area contributed by atoms with Crippen LogP contribution in [0.3, 0.4) is 0 Å². The minimum Gasteiger partial charge on any atom is -0.493 e.